The number of halogens is 3. The van der Waals surface area contributed by atoms with Gasteiger partial charge in [-0.25, -0.2) is 4.98 Å². The first-order valence-electron chi connectivity index (χ1n) is 7.55. The standard InChI is InChI=1S/C16H14F3N5O2/c1-23-14-12(7-22-23)15(26)24(9-21-14)8-13(25)20-6-10-3-2-4-11(5-10)16(17,18)19/h2-5,7,9H,6,8H2,1H3,(H,20,25). The zero-order valence-corrected chi connectivity index (χ0v) is 13.6. The smallest absolute Gasteiger partial charge is 0.350 e. The summed E-state index contributed by atoms with van der Waals surface area (Å²) in [6, 6.07) is 4.68. The minimum Gasteiger partial charge on any atom is -0.350 e. The lowest BCUT2D eigenvalue weighted by molar-refractivity contribution is -0.137. The van der Waals surface area contributed by atoms with Crippen LogP contribution in [0.1, 0.15) is 11.1 Å². The van der Waals surface area contributed by atoms with Crippen molar-refractivity contribution in [2.24, 2.45) is 7.05 Å². The summed E-state index contributed by atoms with van der Waals surface area (Å²) in [4.78, 5) is 28.4. The van der Waals surface area contributed by atoms with Crippen LogP contribution in [-0.2, 0) is 31.1 Å². The van der Waals surface area contributed by atoms with Crippen LogP contribution in [0.3, 0.4) is 0 Å². The number of aromatic nitrogens is 4. The largest absolute Gasteiger partial charge is 0.416 e. The molecule has 0 atom stereocenters. The molecule has 3 aromatic rings. The maximum absolute atomic E-state index is 12.7. The third kappa shape index (κ3) is 3.58. The van der Waals surface area contributed by atoms with E-state index in [1.165, 1.54) is 29.3 Å². The monoisotopic (exact) mass is 365 g/mol. The summed E-state index contributed by atoms with van der Waals surface area (Å²) >= 11 is 0. The van der Waals surface area contributed by atoms with E-state index in [1.54, 1.807) is 7.05 Å². The quantitative estimate of drug-likeness (QED) is 0.759. The molecule has 2 aromatic heterocycles. The van der Waals surface area contributed by atoms with Gasteiger partial charge in [-0.05, 0) is 17.7 Å². The van der Waals surface area contributed by atoms with Gasteiger partial charge in [0.2, 0.25) is 5.91 Å². The van der Waals surface area contributed by atoms with Crippen LogP contribution in [0.25, 0.3) is 11.0 Å². The Hall–Kier alpha value is -3.17. The van der Waals surface area contributed by atoms with E-state index in [1.807, 2.05) is 0 Å². The molecule has 0 saturated carbocycles. The van der Waals surface area contributed by atoms with E-state index in [2.05, 4.69) is 15.4 Å². The van der Waals surface area contributed by atoms with Crippen molar-refractivity contribution in [3.63, 3.8) is 0 Å². The van der Waals surface area contributed by atoms with Crippen molar-refractivity contribution in [2.75, 3.05) is 0 Å². The topological polar surface area (TPSA) is 81.8 Å². The molecule has 0 saturated heterocycles. The van der Waals surface area contributed by atoms with Gasteiger partial charge in [-0.15, -0.1) is 0 Å². The maximum atomic E-state index is 12.7. The molecule has 136 valence electrons. The molecule has 0 aliphatic carbocycles. The number of nitrogens with one attached hydrogen (secondary N) is 1. The van der Waals surface area contributed by atoms with Gasteiger partial charge in [0.25, 0.3) is 5.56 Å². The Morgan fingerprint density at radius 2 is 2.08 bits per heavy atom. The second-order valence-corrected chi connectivity index (χ2v) is 5.66. The molecule has 1 aromatic carbocycles. The van der Waals surface area contributed by atoms with E-state index in [-0.39, 0.29) is 18.5 Å². The second-order valence-electron chi connectivity index (χ2n) is 5.66. The number of hydrogen-bond acceptors (Lipinski definition) is 4. The summed E-state index contributed by atoms with van der Waals surface area (Å²) in [5, 5.41) is 6.70. The molecule has 3 rings (SSSR count). The fourth-order valence-electron chi connectivity index (χ4n) is 2.45. The van der Waals surface area contributed by atoms with Gasteiger partial charge in [-0.1, -0.05) is 12.1 Å². The van der Waals surface area contributed by atoms with Crippen LogP contribution in [0.2, 0.25) is 0 Å². The Balaban J connectivity index is 1.68. The number of carbonyl (C=O) groups is 1. The van der Waals surface area contributed by atoms with Crippen molar-refractivity contribution in [1.82, 2.24) is 24.6 Å². The third-order valence-corrected chi connectivity index (χ3v) is 3.78. The number of alkyl halides is 3. The molecule has 0 unspecified atom stereocenters. The first-order chi connectivity index (χ1) is 12.3. The van der Waals surface area contributed by atoms with Crippen LogP contribution in [0.4, 0.5) is 13.2 Å². The highest BCUT2D eigenvalue weighted by Crippen LogP contribution is 2.29. The molecule has 0 aliphatic rings. The molecule has 1 N–H and O–H groups in total. The normalized spacial score (nSPS) is 11.7. The highest BCUT2D eigenvalue weighted by molar-refractivity contribution is 5.77. The summed E-state index contributed by atoms with van der Waals surface area (Å²) in [5.41, 5.74) is -0.499. The Bertz CT molecular complexity index is 1020. The lowest BCUT2D eigenvalue weighted by Gasteiger charge is -2.10. The van der Waals surface area contributed by atoms with Crippen molar-refractivity contribution in [3.05, 3.63) is 58.3 Å². The molecule has 0 spiro atoms. The van der Waals surface area contributed by atoms with Crippen LogP contribution in [0.15, 0.2) is 41.6 Å². The zero-order chi connectivity index (χ0) is 18.9. The van der Waals surface area contributed by atoms with Crippen LogP contribution < -0.4 is 10.9 Å². The summed E-state index contributed by atoms with van der Waals surface area (Å²) in [5.74, 6) is -0.519. The van der Waals surface area contributed by atoms with Gasteiger partial charge in [0.1, 0.15) is 18.3 Å². The van der Waals surface area contributed by atoms with Gasteiger partial charge in [0.15, 0.2) is 5.65 Å². The predicted octanol–water partition coefficient (Wildman–Crippen LogP) is 1.47. The fourth-order valence-corrected chi connectivity index (χ4v) is 2.45. The fraction of sp³-hybridized carbons (Fsp3) is 0.250. The third-order valence-electron chi connectivity index (χ3n) is 3.78. The van der Waals surface area contributed by atoms with E-state index >= 15 is 0 Å². The molecule has 0 bridgehead atoms. The van der Waals surface area contributed by atoms with Crippen molar-refractivity contribution < 1.29 is 18.0 Å². The van der Waals surface area contributed by atoms with Gasteiger partial charge in [-0.2, -0.15) is 18.3 Å². The summed E-state index contributed by atoms with van der Waals surface area (Å²) in [6.07, 6.45) is -1.85. The highest BCUT2D eigenvalue weighted by Gasteiger charge is 2.30. The first kappa shape index (κ1) is 17.6. The minimum atomic E-state index is -4.45. The highest BCUT2D eigenvalue weighted by atomic mass is 19.4. The number of amides is 1. The summed E-state index contributed by atoms with van der Waals surface area (Å²) in [6.45, 7) is -0.379. The number of hydrogen-bond donors (Lipinski definition) is 1. The molecule has 26 heavy (non-hydrogen) atoms. The van der Waals surface area contributed by atoms with Gasteiger partial charge in [-0.3, -0.25) is 18.8 Å². The second kappa shape index (κ2) is 6.62. The Labute approximate surface area is 145 Å². The summed E-state index contributed by atoms with van der Waals surface area (Å²) < 4.78 is 40.6. The lowest BCUT2D eigenvalue weighted by atomic mass is 10.1. The molecular weight excluding hydrogens is 351 g/mol. The molecule has 0 fully saturated rings. The average Bonchev–Trinajstić information content (AvgIpc) is 2.97. The minimum absolute atomic E-state index is 0.0833. The van der Waals surface area contributed by atoms with E-state index in [0.717, 1.165) is 16.7 Å². The predicted molar refractivity (Wildman–Crippen MR) is 86.1 cm³/mol. The Morgan fingerprint density at radius 1 is 1.31 bits per heavy atom. The van der Waals surface area contributed by atoms with Crippen molar-refractivity contribution in [1.29, 1.82) is 0 Å². The van der Waals surface area contributed by atoms with E-state index in [4.69, 9.17) is 0 Å². The van der Waals surface area contributed by atoms with Crippen molar-refractivity contribution >= 4 is 16.9 Å². The van der Waals surface area contributed by atoms with Gasteiger partial charge in [0.05, 0.1) is 11.8 Å². The molecule has 7 nitrogen and oxygen atoms in total. The van der Waals surface area contributed by atoms with Crippen LogP contribution >= 0.6 is 0 Å². The number of carbonyl (C=O) groups excluding carboxylic acids is 1. The molecule has 10 heteroatoms. The van der Waals surface area contributed by atoms with Crippen molar-refractivity contribution in [2.45, 2.75) is 19.3 Å². The number of fused-ring (bicyclic) bond motifs is 1. The number of aryl methyl sites for hydroxylation is 1. The van der Waals surface area contributed by atoms with E-state index < -0.39 is 23.2 Å². The van der Waals surface area contributed by atoms with Gasteiger partial charge >= 0.3 is 6.18 Å². The number of benzene rings is 1. The Kier molecular flexibility index (Phi) is 4.49. The molecule has 0 aliphatic heterocycles. The lowest BCUT2D eigenvalue weighted by Crippen LogP contribution is -2.32. The molecular formula is C16H14F3N5O2. The molecule has 0 radical (unpaired) electrons. The first-order valence-corrected chi connectivity index (χ1v) is 7.55. The SMILES string of the molecule is Cn1ncc2c(=O)n(CC(=O)NCc3cccc(C(F)(F)F)c3)cnc21. The van der Waals surface area contributed by atoms with E-state index in [9.17, 15) is 22.8 Å². The number of rotatable bonds is 4. The van der Waals surface area contributed by atoms with Crippen LogP contribution in [0, 0.1) is 0 Å². The number of nitrogens with zero attached hydrogens (tertiary/aromatic N) is 4. The maximum Gasteiger partial charge on any atom is 0.416 e. The summed E-state index contributed by atoms with van der Waals surface area (Å²) in [7, 11) is 1.64. The van der Waals surface area contributed by atoms with Gasteiger partial charge < -0.3 is 5.32 Å². The molecule has 2 heterocycles. The van der Waals surface area contributed by atoms with Crippen LogP contribution in [-0.4, -0.2) is 25.2 Å². The van der Waals surface area contributed by atoms with Crippen molar-refractivity contribution in [3.8, 4) is 0 Å². The zero-order valence-electron chi connectivity index (χ0n) is 13.6. The van der Waals surface area contributed by atoms with E-state index in [0.29, 0.717) is 11.2 Å². The Morgan fingerprint density at radius 3 is 2.81 bits per heavy atom. The van der Waals surface area contributed by atoms with Gasteiger partial charge in [0, 0.05) is 13.6 Å². The van der Waals surface area contributed by atoms with Crippen LogP contribution in [0.5, 0.6) is 0 Å². The average molecular weight is 365 g/mol. The molecule has 1 amide bonds.